The Labute approximate surface area is 110 Å². The van der Waals surface area contributed by atoms with Gasteiger partial charge >= 0.3 is 24.1 Å². The minimum atomic E-state index is -4.47. The highest BCUT2D eigenvalue weighted by molar-refractivity contribution is 5.86. The number of halogens is 3. The number of carboxylic acids is 2. The number of carboxylic acid groups (broad SMARTS) is 2. The first-order valence-corrected chi connectivity index (χ1v) is 5.25. The van der Waals surface area contributed by atoms with Gasteiger partial charge in [0.15, 0.2) is 0 Å². The molecule has 0 aliphatic heterocycles. The Hall–Kier alpha value is -2.04. The van der Waals surface area contributed by atoms with Crippen LogP contribution in [0.25, 0.3) is 0 Å². The van der Waals surface area contributed by atoms with Crippen molar-refractivity contribution >= 4 is 18.0 Å². The molecule has 11 heteroatoms. The predicted octanol–water partition coefficient (Wildman–Crippen LogP) is -0.208. The summed E-state index contributed by atoms with van der Waals surface area (Å²) >= 11 is 0. The lowest BCUT2D eigenvalue weighted by Gasteiger charge is -2.13. The topological polar surface area (TPSA) is 125 Å². The lowest BCUT2D eigenvalue weighted by atomic mass is 10.2. The first-order valence-electron chi connectivity index (χ1n) is 5.25. The van der Waals surface area contributed by atoms with E-state index in [1.807, 2.05) is 10.6 Å². The molecule has 0 rings (SSSR count). The van der Waals surface area contributed by atoms with Gasteiger partial charge in [0.05, 0.1) is 13.0 Å². The van der Waals surface area contributed by atoms with E-state index in [4.69, 9.17) is 10.2 Å². The molecule has 116 valence electrons. The zero-order valence-corrected chi connectivity index (χ0v) is 10.1. The number of rotatable bonds is 8. The van der Waals surface area contributed by atoms with Crippen molar-refractivity contribution in [3.8, 4) is 0 Å². The van der Waals surface area contributed by atoms with E-state index in [1.54, 1.807) is 0 Å². The number of alkyl halides is 3. The van der Waals surface area contributed by atoms with Crippen molar-refractivity contribution in [1.82, 2.24) is 10.6 Å². The van der Waals surface area contributed by atoms with Crippen LogP contribution in [0.3, 0.4) is 0 Å². The van der Waals surface area contributed by atoms with Gasteiger partial charge in [-0.25, -0.2) is 9.59 Å². The molecule has 1 atom stereocenters. The maximum absolute atomic E-state index is 11.7. The fourth-order valence-corrected chi connectivity index (χ4v) is 1.01. The van der Waals surface area contributed by atoms with E-state index in [1.165, 1.54) is 0 Å². The van der Waals surface area contributed by atoms with Crippen LogP contribution in [-0.4, -0.2) is 60.2 Å². The van der Waals surface area contributed by atoms with Gasteiger partial charge < -0.3 is 25.6 Å². The lowest BCUT2D eigenvalue weighted by Crippen LogP contribution is -2.47. The van der Waals surface area contributed by atoms with Crippen molar-refractivity contribution in [2.24, 2.45) is 0 Å². The molecule has 2 amide bonds. The van der Waals surface area contributed by atoms with Crippen LogP contribution >= 0.6 is 0 Å². The molecule has 20 heavy (non-hydrogen) atoms. The second-order valence-electron chi connectivity index (χ2n) is 3.56. The molecule has 0 aliphatic rings. The summed E-state index contributed by atoms with van der Waals surface area (Å²) in [6.45, 7) is -2.18. The van der Waals surface area contributed by atoms with Crippen LogP contribution in [0.1, 0.15) is 6.42 Å². The Kier molecular flexibility index (Phi) is 7.36. The molecule has 0 fully saturated rings. The summed E-state index contributed by atoms with van der Waals surface area (Å²) in [4.78, 5) is 32.1. The third-order valence-electron chi connectivity index (χ3n) is 1.78. The van der Waals surface area contributed by atoms with E-state index in [-0.39, 0.29) is 6.54 Å². The number of carbonyl (C=O) groups excluding carboxylic acids is 1. The van der Waals surface area contributed by atoms with Crippen LogP contribution < -0.4 is 10.6 Å². The average Bonchev–Trinajstić information content (AvgIpc) is 2.25. The molecular weight excluding hydrogens is 289 g/mol. The molecule has 0 aromatic rings. The van der Waals surface area contributed by atoms with Crippen LogP contribution in [0.4, 0.5) is 18.0 Å². The Bertz CT molecular complexity index is 360. The molecule has 0 aromatic carbocycles. The van der Waals surface area contributed by atoms with Gasteiger partial charge in [0, 0.05) is 6.54 Å². The quantitative estimate of drug-likeness (QED) is 0.460. The van der Waals surface area contributed by atoms with Crippen molar-refractivity contribution in [3.63, 3.8) is 0 Å². The molecule has 0 bridgehead atoms. The maximum Gasteiger partial charge on any atom is 0.411 e. The maximum atomic E-state index is 11.7. The molecule has 0 heterocycles. The number of aliphatic carboxylic acids is 2. The molecule has 0 aromatic heterocycles. The molecule has 0 saturated carbocycles. The van der Waals surface area contributed by atoms with Gasteiger partial charge in [0.1, 0.15) is 12.6 Å². The predicted molar refractivity (Wildman–Crippen MR) is 57.1 cm³/mol. The Morgan fingerprint density at radius 2 is 1.80 bits per heavy atom. The molecule has 0 unspecified atom stereocenters. The van der Waals surface area contributed by atoms with Crippen LogP contribution in [0, 0.1) is 0 Å². The van der Waals surface area contributed by atoms with Gasteiger partial charge in [-0.2, -0.15) is 13.2 Å². The van der Waals surface area contributed by atoms with Crippen LogP contribution in [0.5, 0.6) is 0 Å². The fraction of sp³-hybridized carbons (Fsp3) is 0.667. The summed E-state index contributed by atoms with van der Waals surface area (Å²) in [5.41, 5.74) is 0. The Balaban J connectivity index is 3.91. The molecule has 0 saturated heterocycles. The summed E-state index contributed by atoms with van der Waals surface area (Å²) in [6, 6.07) is -2.65. The van der Waals surface area contributed by atoms with Gasteiger partial charge in [-0.3, -0.25) is 4.79 Å². The van der Waals surface area contributed by atoms with Gasteiger partial charge in [0.25, 0.3) is 0 Å². The zero-order valence-electron chi connectivity index (χ0n) is 10.1. The summed E-state index contributed by atoms with van der Waals surface area (Å²) in [6.07, 6.45) is -5.30. The van der Waals surface area contributed by atoms with Crippen LogP contribution in [-0.2, 0) is 14.3 Å². The van der Waals surface area contributed by atoms with E-state index < -0.39 is 49.8 Å². The first kappa shape index (κ1) is 18.0. The first-order chi connectivity index (χ1) is 9.11. The molecule has 8 nitrogen and oxygen atoms in total. The van der Waals surface area contributed by atoms with E-state index in [0.29, 0.717) is 0 Å². The van der Waals surface area contributed by atoms with Crippen molar-refractivity contribution in [3.05, 3.63) is 0 Å². The van der Waals surface area contributed by atoms with E-state index >= 15 is 0 Å². The summed E-state index contributed by atoms with van der Waals surface area (Å²) in [7, 11) is 0. The van der Waals surface area contributed by atoms with E-state index in [0.717, 1.165) is 0 Å². The van der Waals surface area contributed by atoms with Gasteiger partial charge in [0.2, 0.25) is 0 Å². The standard InChI is InChI=1S/C9H13F3N2O6/c10-9(11,12)4-20-2-1-13-8(19)14-5(7(17)18)3-6(15)16/h5H,1-4H2,(H,15,16)(H,17,18)(H2,13,14,19)/t5-/m1/s1. The molecule has 4 N–H and O–H groups in total. The summed E-state index contributed by atoms with van der Waals surface area (Å²) in [5.74, 6) is -2.97. The number of ether oxygens (including phenoxy) is 1. The summed E-state index contributed by atoms with van der Waals surface area (Å²) < 4.78 is 39.2. The van der Waals surface area contributed by atoms with Gasteiger partial charge in [-0.15, -0.1) is 0 Å². The number of carbonyl (C=O) groups is 3. The molecule has 0 spiro atoms. The highest BCUT2D eigenvalue weighted by Gasteiger charge is 2.27. The lowest BCUT2D eigenvalue weighted by molar-refractivity contribution is -0.173. The molecule has 0 radical (unpaired) electrons. The third kappa shape index (κ3) is 9.94. The normalized spacial score (nSPS) is 12.6. The largest absolute Gasteiger partial charge is 0.481 e. The summed E-state index contributed by atoms with van der Waals surface area (Å²) in [5, 5.41) is 20.9. The Morgan fingerprint density at radius 1 is 1.20 bits per heavy atom. The Morgan fingerprint density at radius 3 is 2.25 bits per heavy atom. The zero-order chi connectivity index (χ0) is 15.8. The highest BCUT2D eigenvalue weighted by atomic mass is 19.4. The smallest absolute Gasteiger partial charge is 0.411 e. The van der Waals surface area contributed by atoms with Crippen LogP contribution in [0.15, 0.2) is 0 Å². The number of nitrogens with one attached hydrogen (secondary N) is 2. The number of hydrogen-bond acceptors (Lipinski definition) is 4. The molecule has 0 aliphatic carbocycles. The second kappa shape index (κ2) is 8.19. The van der Waals surface area contributed by atoms with Gasteiger partial charge in [-0.05, 0) is 0 Å². The van der Waals surface area contributed by atoms with Crippen molar-refractivity contribution in [2.45, 2.75) is 18.6 Å². The van der Waals surface area contributed by atoms with Gasteiger partial charge in [-0.1, -0.05) is 0 Å². The monoisotopic (exact) mass is 302 g/mol. The number of hydrogen-bond donors (Lipinski definition) is 4. The van der Waals surface area contributed by atoms with Crippen molar-refractivity contribution < 1.29 is 42.5 Å². The third-order valence-corrected chi connectivity index (χ3v) is 1.78. The van der Waals surface area contributed by atoms with Crippen molar-refractivity contribution in [1.29, 1.82) is 0 Å². The van der Waals surface area contributed by atoms with Crippen LogP contribution in [0.2, 0.25) is 0 Å². The minimum Gasteiger partial charge on any atom is -0.481 e. The van der Waals surface area contributed by atoms with Crippen molar-refractivity contribution in [2.75, 3.05) is 19.8 Å². The SMILES string of the molecule is O=C(O)C[C@@H](NC(=O)NCCOCC(F)(F)F)C(=O)O. The van der Waals surface area contributed by atoms with E-state index in [2.05, 4.69) is 4.74 Å². The molecular formula is C9H13F3N2O6. The fourth-order valence-electron chi connectivity index (χ4n) is 1.01. The van der Waals surface area contributed by atoms with E-state index in [9.17, 15) is 27.6 Å². The number of urea groups is 1. The minimum absolute atomic E-state index is 0.290. The highest BCUT2D eigenvalue weighted by Crippen LogP contribution is 2.13. The number of amides is 2. The second-order valence-corrected chi connectivity index (χ2v) is 3.56. The average molecular weight is 302 g/mol.